The number of nitrogens with one attached hydrogen (secondary N) is 1. The molecule has 1 aliphatic rings. The minimum Gasteiger partial charge on any atom is -0.493 e. The first kappa shape index (κ1) is 23.0. The monoisotopic (exact) mass is 402 g/mol. The van der Waals surface area contributed by atoms with Gasteiger partial charge in [0, 0.05) is 30.7 Å². The van der Waals surface area contributed by atoms with Crippen molar-refractivity contribution in [2.75, 3.05) is 6.61 Å². The minimum absolute atomic E-state index is 0.0304. The van der Waals surface area contributed by atoms with Crippen LogP contribution in [0.25, 0.3) is 0 Å². The van der Waals surface area contributed by atoms with Crippen LogP contribution in [0.5, 0.6) is 0 Å². The molecule has 0 fully saturated rings. The van der Waals surface area contributed by atoms with Crippen molar-refractivity contribution in [1.82, 2.24) is 5.32 Å². The fraction of sp³-hybridized carbons (Fsp3) is 0.522. The molecule has 1 aliphatic heterocycles. The highest BCUT2D eigenvalue weighted by Crippen LogP contribution is 2.30. The van der Waals surface area contributed by atoms with Gasteiger partial charge in [-0.25, -0.2) is 4.79 Å². The molecule has 0 spiro atoms. The Morgan fingerprint density at radius 3 is 2.52 bits per heavy atom. The lowest BCUT2D eigenvalue weighted by molar-refractivity contribution is -0.162. The molecule has 1 unspecified atom stereocenters. The highest BCUT2D eigenvalue weighted by molar-refractivity contribution is 5.78. The molecule has 0 amide bonds. The van der Waals surface area contributed by atoms with Gasteiger partial charge in [0.05, 0.1) is 12.6 Å². The van der Waals surface area contributed by atoms with Crippen LogP contribution in [-0.4, -0.2) is 40.5 Å². The molecule has 0 aromatic heterocycles. The topological polar surface area (TPSA) is 105 Å². The summed E-state index contributed by atoms with van der Waals surface area (Å²) in [6.07, 6.45) is 2.98. The summed E-state index contributed by atoms with van der Waals surface area (Å²) in [7, 11) is 0. The van der Waals surface area contributed by atoms with E-state index in [0.29, 0.717) is 13.0 Å². The van der Waals surface area contributed by atoms with Crippen molar-refractivity contribution >= 4 is 5.97 Å². The van der Waals surface area contributed by atoms with Gasteiger partial charge in [-0.15, -0.1) is 0 Å². The zero-order valence-corrected chi connectivity index (χ0v) is 17.8. The van der Waals surface area contributed by atoms with Gasteiger partial charge in [0.2, 0.25) is 0 Å². The molecule has 2 rings (SSSR count). The van der Waals surface area contributed by atoms with Crippen molar-refractivity contribution in [3.05, 3.63) is 59.0 Å². The van der Waals surface area contributed by atoms with Gasteiger partial charge in [-0.05, 0) is 37.3 Å². The number of nitrogens with two attached hydrogens (primary N) is 1. The summed E-state index contributed by atoms with van der Waals surface area (Å²) in [6.45, 7) is 8.28. The number of hydrogen-bond donors (Lipinski definition) is 4. The lowest BCUT2D eigenvalue weighted by Gasteiger charge is -2.36. The van der Waals surface area contributed by atoms with Crippen LogP contribution in [0, 0.1) is 5.92 Å². The van der Waals surface area contributed by atoms with E-state index >= 15 is 0 Å². The van der Waals surface area contributed by atoms with E-state index in [1.165, 1.54) is 5.56 Å². The molecule has 6 nitrogen and oxygen atoms in total. The van der Waals surface area contributed by atoms with Crippen molar-refractivity contribution in [3.8, 4) is 0 Å². The number of aliphatic carboxylic acids is 1. The van der Waals surface area contributed by atoms with Crippen LogP contribution in [0.1, 0.15) is 46.1 Å². The van der Waals surface area contributed by atoms with E-state index in [1.807, 2.05) is 52.1 Å². The number of ether oxygens (including phenoxy) is 1. The summed E-state index contributed by atoms with van der Waals surface area (Å²) < 4.78 is 6.05. The van der Waals surface area contributed by atoms with Crippen molar-refractivity contribution in [2.24, 2.45) is 11.7 Å². The van der Waals surface area contributed by atoms with Crippen LogP contribution in [-0.2, 0) is 16.0 Å². The lowest BCUT2D eigenvalue weighted by atomic mass is 9.81. The van der Waals surface area contributed by atoms with Gasteiger partial charge in [0.1, 0.15) is 5.76 Å². The largest absolute Gasteiger partial charge is 0.493 e. The normalized spacial score (nSPS) is 20.0. The first-order chi connectivity index (χ1) is 13.6. The molecule has 0 bridgehead atoms. The van der Waals surface area contributed by atoms with Gasteiger partial charge in [0.25, 0.3) is 0 Å². The number of rotatable bonds is 10. The smallest absolute Gasteiger partial charge is 0.337 e. The molecule has 3 atom stereocenters. The van der Waals surface area contributed by atoms with Crippen molar-refractivity contribution < 1.29 is 19.7 Å². The molecule has 0 saturated heterocycles. The Morgan fingerprint density at radius 1 is 1.28 bits per heavy atom. The fourth-order valence-electron chi connectivity index (χ4n) is 3.65. The van der Waals surface area contributed by atoms with E-state index in [2.05, 4.69) is 17.4 Å². The van der Waals surface area contributed by atoms with Crippen LogP contribution in [0.2, 0.25) is 0 Å². The van der Waals surface area contributed by atoms with Gasteiger partial charge < -0.3 is 26.0 Å². The quantitative estimate of drug-likeness (QED) is 0.480. The first-order valence-electron chi connectivity index (χ1n) is 10.2. The molecule has 5 N–H and O–H groups in total. The van der Waals surface area contributed by atoms with Crippen LogP contribution >= 0.6 is 0 Å². The van der Waals surface area contributed by atoms with E-state index in [4.69, 9.17) is 10.5 Å². The summed E-state index contributed by atoms with van der Waals surface area (Å²) in [4.78, 5) is 11.9. The van der Waals surface area contributed by atoms with Crippen LogP contribution < -0.4 is 11.1 Å². The lowest BCUT2D eigenvalue weighted by Crippen LogP contribution is -2.57. The summed E-state index contributed by atoms with van der Waals surface area (Å²) in [5.74, 6) is -0.362. The average molecular weight is 403 g/mol. The third kappa shape index (κ3) is 5.84. The van der Waals surface area contributed by atoms with Gasteiger partial charge >= 0.3 is 5.97 Å². The Bertz CT molecular complexity index is 757. The molecule has 29 heavy (non-hydrogen) atoms. The number of benzene rings is 1. The Morgan fingerprint density at radius 2 is 1.93 bits per heavy atom. The molecule has 1 aromatic carbocycles. The van der Waals surface area contributed by atoms with E-state index in [0.717, 1.165) is 23.3 Å². The van der Waals surface area contributed by atoms with E-state index in [-0.39, 0.29) is 18.4 Å². The van der Waals surface area contributed by atoms with Crippen LogP contribution in [0.4, 0.5) is 0 Å². The second-order valence-electron chi connectivity index (χ2n) is 8.31. The predicted octanol–water partition coefficient (Wildman–Crippen LogP) is 2.97. The average Bonchev–Trinajstić information content (AvgIpc) is 2.66. The highest BCUT2D eigenvalue weighted by atomic mass is 16.5. The summed E-state index contributed by atoms with van der Waals surface area (Å²) in [5.41, 5.74) is 7.09. The van der Waals surface area contributed by atoms with Gasteiger partial charge in [0.15, 0.2) is 5.60 Å². The molecular weight excluding hydrogens is 368 g/mol. The van der Waals surface area contributed by atoms with Crippen LogP contribution in [0.3, 0.4) is 0 Å². The minimum atomic E-state index is -2.02. The number of carboxylic acid groups (broad SMARTS) is 1. The predicted molar refractivity (Wildman–Crippen MR) is 114 cm³/mol. The molecule has 1 aromatic rings. The number of allylic oxidation sites excluding steroid dienone is 1. The van der Waals surface area contributed by atoms with Crippen molar-refractivity contribution in [3.63, 3.8) is 0 Å². The number of carbonyl (C=O) groups is 1. The molecule has 0 radical (unpaired) electrons. The maximum atomic E-state index is 11.9. The molecule has 0 saturated carbocycles. The first-order valence-corrected chi connectivity index (χ1v) is 10.2. The fourth-order valence-corrected chi connectivity index (χ4v) is 3.65. The SMILES string of the molecule is CC1=CNC(C[C@](O)(C(=O)O)[C@@H](N)CC(C)C)C(C)=C1OCCc1ccccc1. The second-order valence-corrected chi connectivity index (χ2v) is 8.31. The molecule has 6 heteroatoms. The number of aliphatic hydroxyl groups is 1. The molecular formula is C23H34N2O4. The zero-order valence-electron chi connectivity index (χ0n) is 17.8. The van der Waals surface area contributed by atoms with Gasteiger partial charge in [-0.3, -0.25) is 0 Å². The highest BCUT2D eigenvalue weighted by Gasteiger charge is 2.45. The third-order valence-electron chi connectivity index (χ3n) is 5.44. The van der Waals surface area contributed by atoms with Gasteiger partial charge in [-0.1, -0.05) is 44.2 Å². The summed E-state index contributed by atoms with van der Waals surface area (Å²) in [6, 6.07) is 8.86. The maximum absolute atomic E-state index is 11.9. The number of hydrogen-bond acceptors (Lipinski definition) is 5. The molecule has 160 valence electrons. The maximum Gasteiger partial charge on any atom is 0.337 e. The Kier molecular flexibility index (Phi) is 7.88. The van der Waals surface area contributed by atoms with E-state index < -0.39 is 17.6 Å². The Balaban J connectivity index is 2.12. The van der Waals surface area contributed by atoms with Gasteiger partial charge in [-0.2, -0.15) is 0 Å². The summed E-state index contributed by atoms with van der Waals surface area (Å²) in [5, 5.41) is 23.8. The van der Waals surface area contributed by atoms with Crippen molar-refractivity contribution in [1.29, 1.82) is 0 Å². The summed E-state index contributed by atoms with van der Waals surface area (Å²) >= 11 is 0. The Labute approximate surface area is 173 Å². The van der Waals surface area contributed by atoms with E-state index in [1.54, 1.807) is 0 Å². The number of carboxylic acids is 1. The zero-order chi connectivity index (χ0) is 21.6. The number of dihydropyridines is 1. The van der Waals surface area contributed by atoms with Crippen LogP contribution in [0.15, 0.2) is 53.4 Å². The Hall–Kier alpha value is -2.31. The second kappa shape index (κ2) is 9.94. The van der Waals surface area contributed by atoms with Crippen molar-refractivity contribution in [2.45, 2.75) is 64.6 Å². The standard InChI is InChI=1S/C23H34N2O4/c1-15(2)12-20(24)23(28,22(26)27)13-19-17(4)21(16(3)14-25-19)29-11-10-18-8-6-5-7-9-18/h5-9,14-15,19-20,25,28H,10-13,24H2,1-4H3,(H,26,27)/t19?,20-,23+/m0/s1. The van der Waals surface area contributed by atoms with E-state index in [9.17, 15) is 15.0 Å². The molecule has 0 aliphatic carbocycles. The third-order valence-corrected chi connectivity index (χ3v) is 5.44. The molecule has 1 heterocycles.